The van der Waals surface area contributed by atoms with E-state index >= 15 is 0 Å². The third-order valence-electron chi connectivity index (χ3n) is 13.9. The van der Waals surface area contributed by atoms with Gasteiger partial charge in [-0.3, -0.25) is 0 Å². The van der Waals surface area contributed by atoms with E-state index in [1.807, 2.05) is 6.07 Å². The Labute approximate surface area is 316 Å². The highest BCUT2D eigenvalue weighted by Crippen LogP contribution is 2.69. The summed E-state index contributed by atoms with van der Waals surface area (Å²) in [5, 5.41) is 2.29. The van der Waals surface area contributed by atoms with Gasteiger partial charge in [0.05, 0.1) is 0 Å². The van der Waals surface area contributed by atoms with E-state index in [9.17, 15) is 0 Å². The van der Waals surface area contributed by atoms with Crippen molar-refractivity contribution in [1.82, 2.24) is 0 Å². The highest BCUT2D eigenvalue weighted by atomic mass is 16.3. The van der Waals surface area contributed by atoms with Gasteiger partial charge in [-0.1, -0.05) is 115 Å². The van der Waals surface area contributed by atoms with Gasteiger partial charge in [0.15, 0.2) is 0 Å². The molecule has 1 aromatic heterocycles. The maximum absolute atomic E-state index is 6.29. The molecule has 7 aromatic carbocycles. The van der Waals surface area contributed by atoms with E-state index in [2.05, 4.69) is 163 Å². The molecule has 8 aromatic rings. The third kappa shape index (κ3) is 4.40. The fraction of sp³-hybridized carbons (Fsp3) is 0.192. The summed E-state index contributed by atoms with van der Waals surface area (Å²) in [6, 6.07) is 60.7. The first-order valence-corrected chi connectivity index (χ1v) is 19.9. The first-order chi connectivity index (χ1) is 26.7. The van der Waals surface area contributed by atoms with Crippen LogP contribution >= 0.6 is 0 Å². The lowest BCUT2D eigenvalue weighted by molar-refractivity contribution is -0.0399. The molecular formula is C52H41NO. The highest BCUT2D eigenvalue weighted by Gasteiger charge is 2.61. The summed E-state index contributed by atoms with van der Waals surface area (Å²) >= 11 is 0. The minimum atomic E-state index is 0.162. The number of para-hydroxylation sites is 1. The Hall–Kier alpha value is -5.86. The van der Waals surface area contributed by atoms with Gasteiger partial charge in [0.1, 0.15) is 11.2 Å². The van der Waals surface area contributed by atoms with E-state index in [-0.39, 0.29) is 5.41 Å². The fourth-order valence-electron chi connectivity index (χ4n) is 11.9. The molecule has 0 atom stereocenters. The van der Waals surface area contributed by atoms with Crippen LogP contribution in [0.3, 0.4) is 0 Å². The zero-order chi connectivity index (χ0) is 35.4. The van der Waals surface area contributed by atoms with Crippen molar-refractivity contribution in [3.8, 4) is 33.4 Å². The second-order valence-electron chi connectivity index (χ2n) is 16.6. The van der Waals surface area contributed by atoms with Gasteiger partial charge in [0.2, 0.25) is 0 Å². The zero-order valence-electron chi connectivity index (χ0n) is 30.3. The van der Waals surface area contributed by atoms with Crippen LogP contribution < -0.4 is 4.90 Å². The van der Waals surface area contributed by atoms with E-state index in [4.69, 9.17) is 4.42 Å². The monoisotopic (exact) mass is 695 g/mol. The van der Waals surface area contributed by atoms with Crippen LogP contribution in [0, 0.1) is 23.7 Å². The molecular weight excluding hydrogens is 655 g/mol. The van der Waals surface area contributed by atoms with E-state index in [1.165, 1.54) is 71.2 Å². The van der Waals surface area contributed by atoms with Gasteiger partial charge in [0.25, 0.3) is 0 Å². The van der Waals surface area contributed by atoms with Gasteiger partial charge >= 0.3 is 0 Å². The highest BCUT2D eigenvalue weighted by molar-refractivity contribution is 6.06. The number of furan rings is 1. The largest absolute Gasteiger partial charge is 0.456 e. The molecule has 1 spiro atoms. The number of anilines is 3. The maximum Gasteiger partial charge on any atom is 0.135 e. The number of hydrogen-bond donors (Lipinski definition) is 0. The van der Waals surface area contributed by atoms with Crippen molar-refractivity contribution in [1.29, 1.82) is 0 Å². The Morgan fingerprint density at radius 2 is 0.944 bits per heavy atom. The van der Waals surface area contributed by atoms with Gasteiger partial charge in [-0.25, -0.2) is 0 Å². The van der Waals surface area contributed by atoms with E-state index in [1.54, 1.807) is 11.1 Å². The summed E-state index contributed by atoms with van der Waals surface area (Å²) in [5.41, 5.74) is 16.4. The first-order valence-electron chi connectivity index (χ1n) is 19.9. The predicted octanol–water partition coefficient (Wildman–Crippen LogP) is 14.1. The molecule has 4 saturated carbocycles. The van der Waals surface area contributed by atoms with Crippen molar-refractivity contribution < 1.29 is 4.42 Å². The SMILES string of the molecule is c1ccc(-c2ccc(-c3ccc(N(c4ccc5c(c4)-c4ccccc4C54C5CC6CC(C5)CC4C6)c4ccc5oc6ccccc6c5c4)cc3)cc2)cc1. The van der Waals surface area contributed by atoms with Gasteiger partial charge in [-0.2, -0.15) is 0 Å². The van der Waals surface area contributed by atoms with Crippen LogP contribution in [0.15, 0.2) is 168 Å². The van der Waals surface area contributed by atoms with Crippen LogP contribution in [0.5, 0.6) is 0 Å². The zero-order valence-corrected chi connectivity index (χ0v) is 30.3. The van der Waals surface area contributed by atoms with Crippen LogP contribution in [0.1, 0.15) is 43.2 Å². The molecule has 0 unspecified atom stereocenters. The average Bonchev–Trinajstić information content (AvgIpc) is 3.74. The van der Waals surface area contributed by atoms with Crippen LogP contribution in [0.25, 0.3) is 55.3 Å². The Bertz CT molecular complexity index is 2690. The fourth-order valence-corrected chi connectivity index (χ4v) is 11.9. The van der Waals surface area contributed by atoms with Crippen molar-refractivity contribution in [2.24, 2.45) is 23.7 Å². The van der Waals surface area contributed by atoms with E-state index in [0.29, 0.717) is 0 Å². The molecule has 54 heavy (non-hydrogen) atoms. The molecule has 0 N–H and O–H groups in total. The van der Waals surface area contributed by atoms with Crippen LogP contribution in [0.2, 0.25) is 0 Å². The molecule has 13 rings (SSSR count). The van der Waals surface area contributed by atoms with Crippen LogP contribution in [-0.4, -0.2) is 0 Å². The Morgan fingerprint density at radius 1 is 0.407 bits per heavy atom. The van der Waals surface area contributed by atoms with E-state index < -0.39 is 0 Å². The Morgan fingerprint density at radius 3 is 1.69 bits per heavy atom. The van der Waals surface area contributed by atoms with Gasteiger partial charge in [-0.15, -0.1) is 0 Å². The lowest BCUT2D eigenvalue weighted by Gasteiger charge is -2.61. The lowest BCUT2D eigenvalue weighted by atomic mass is 9.43. The summed E-state index contributed by atoms with van der Waals surface area (Å²) in [4.78, 5) is 2.45. The van der Waals surface area contributed by atoms with Crippen molar-refractivity contribution in [2.45, 2.75) is 37.5 Å². The summed E-state index contributed by atoms with van der Waals surface area (Å²) in [6.07, 6.45) is 7.06. The molecule has 0 radical (unpaired) electrons. The molecule has 5 aliphatic carbocycles. The van der Waals surface area contributed by atoms with E-state index in [0.717, 1.165) is 57.0 Å². The van der Waals surface area contributed by atoms with Crippen molar-refractivity contribution in [2.75, 3.05) is 4.90 Å². The van der Waals surface area contributed by atoms with Crippen molar-refractivity contribution in [3.63, 3.8) is 0 Å². The summed E-state index contributed by atoms with van der Waals surface area (Å²) in [5.74, 6) is 3.37. The van der Waals surface area contributed by atoms with Crippen molar-refractivity contribution in [3.05, 3.63) is 175 Å². The van der Waals surface area contributed by atoms with Crippen molar-refractivity contribution >= 4 is 39.0 Å². The smallest absolute Gasteiger partial charge is 0.135 e. The minimum absolute atomic E-state index is 0.162. The number of nitrogens with zero attached hydrogens (tertiary/aromatic N) is 1. The molecule has 0 aliphatic heterocycles. The summed E-state index contributed by atoms with van der Waals surface area (Å²) in [6.45, 7) is 0. The normalized spacial score (nSPS) is 23.3. The lowest BCUT2D eigenvalue weighted by Crippen LogP contribution is -2.55. The van der Waals surface area contributed by atoms with Crippen LogP contribution in [0.4, 0.5) is 17.1 Å². The number of rotatable bonds is 5. The number of benzene rings is 7. The molecule has 0 amide bonds. The molecule has 4 bridgehead atoms. The molecule has 0 saturated heterocycles. The second-order valence-corrected chi connectivity index (χ2v) is 16.6. The third-order valence-corrected chi connectivity index (χ3v) is 13.9. The average molecular weight is 696 g/mol. The molecule has 2 nitrogen and oxygen atoms in total. The molecule has 1 heterocycles. The topological polar surface area (TPSA) is 16.4 Å². The molecule has 260 valence electrons. The van der Waals surface area contributed by atoms with Gasteiger partial charge in [-0.05, 0) is 149 Å². The first kappa shape index (κ1) is 30.6. The maximum atomic E-state index is 6.29. The number of fused-ring (bicyclic) bond motifs is 6. The number of hydrogen-bond acceptors (Lipinski definition) is 2. The molecule has 5 aliphatic rings. The summed E-state index contributed by atoms with van der Waals surface area (Å²) in [7, 11) is 0. The standard InChI is InChI=1S/C52H41NO/c1-2-8-35(9-3-1)36-14-16-37(17-15-36)38-18-20-41(21-19-38)53(43-23-25-51-47(32-43)45-11-5-7-13-50(45)54-51)42-22-24-49-46(31-42)44-10-4-6-12-48(44)52(49)39-27-33-26-34(29-39)30-40(52)28-33/h1-25,31-34,39-40H,26-30H2. The second kappa shape index (κ2) is 11.6. The molecule has 2 heteroatoms. The Balaban J connectivity index is 0.993. The minimum Gasteiger partial charge on any atom is -0.456 e. The van der Waals surface area contributed by atoms with Gasteiger partial charge in [0, 0.05) is 33.2 Å². The quantitative estimate of drug-likeness (QED) is 0.178. The summed E-state index contributed by atoms with van der Waals surface area (Å²) < 4.78 is 6.29. The molecule has 4 fully saturated rings. The Kier molecular flexibility index (Phi) is 6.55. The van der Waals surface area contributed by atoms with Gasteiger partial charge < -0.3 is 9.32 Å². The predicted molar refractivity (Wildman–Crippen MR) is 223 cm³/mol. The van der Waals surface area contributed by atoms with Crippen LogP contribution in [-0.2, 0) is 5.41 Å².